The Bertz CT molecular complexity index is 117. The van der Waals surface area contributed by atoms with Crippen LogP contribution in [-0.2, 0) is 0 Å². The third-order valence-corrected chi connectivity index (χ3v) is 2.84. The lowest BCUT2D eigenvalue weighted by atomic mass is 10.2. The van der Waals surface area contributed by atoms with E-state index in [-0.39, 0.29) is 12.4 Å². The van der Waals surface area contributed by atoms with E-state index in [0.717, 1.165) is 5.92 Å². The number of hydrogen-bond acceptors (Lipinski definition) is 1. The molecule has 0 aliphatic carbocycles. The molecule has 0 amide bonds. The van der Waals surface area contributed by atoms with E-state index < -0.39 is 0 Å². The van der Waals surface area contributed by atoms with Gasteiger partial charge in [0, 0.05) is 6.54 Å². The molecule has 1 saturated heterocycles. The summed E-state index contributed by atoms with van der Waals surface area (Å²) in [7, 11) is 0. The Morgan fingerprint density at radius 3 is 2.54 bits per heavy atom. The van der Waals surface area contributed by atoms with Gasteiger partial charge in [-0.2, -0.15) is 0 Å². The standard InChI is InChI=1S/C11H23N.ClH/c1-3-4-5-6-8-12-9-7-11(2)10-12;/h11H,3-10H2,1-2H3;1H. The maximum Gasteiger partial charge on any atom is 0.000750 e. The maximum atomic E-state index is 2.63. The van der Waals surface area contributed by atoms with E-state index in [9.17, 15) is 0 Å². The van der Waals surface area contributed by atoms with E-state index in [1.165, 1.54) is 51.7 Å². The quantitative estimate of drug-likeness (QED) is 0.623. The second-order valence-corrected chi connectivity index (χ2v) is 4.26. The van der Waals surface area contributed by atoms with E-state index in [1.54, 1.807) is 0 Å². The highest BCUT2D eigenvalue weighted by Gasteiger charge is 2.17. The van der Waals surface area contributed by atoms with Crippen LogP contribution in [-0.4, -0.2) is 24.5 Å². The monoisotopic (exact) mass is 205 g/mol. The molecule has 13 heavy (non-hydrogen) atoms. The minimum Gasteiger partial charge on any atom is -0.303 e. The van der Waals surface area contributed by atoms with Crippen LogP contribution >= 0.6 is 12.4 Å². The molecule has 1 nitrogen and oxygen atoms in total. The zero-order valence-electron chi connectivity index (χ0n) is 9.09. The van der Waals surface area contributed by atoms with Gasteiger partial charge < -0.3 is 4.90 Å². The summed E-state index contributed by atoms with van der Waals surface area (Å²) in [6.07, 6.45) is 7.05. The fourth-order valence-electron chi connectivity index (χ4n) is 1.99. The highest BCUT2D eigenvalue weighted by molar-refractivity contribution is 5.85. The van der Waals surface area contributed by atoms with Crippen molar-refractivity contribution in [2.75, 3.05) is 19.6 Å². The highest BCUT2D eigenvalue weighted by Crippen LogP contribution is 2.15. The first-order valence-electron chi connectivity index (χ1n) is 5.55. The van der Waals surface area contributed by atoms with E-state index in [0.29, 0.717) is 0 Å². The van der Waals surface area contributed by atoms with Crippen LogP contribution in [0.3, 0.4) is 0 Å². The van der Waals surface area contributed by atoms with E-state index in [1.807, 2.05) is 0 Å². The van der Waals surface area contributed by atoms with Crippen molar-refractivity contribution < 1.29 is 0 Å². The molecule has 0 saturated carbocycles. The summed E-state index contributed by atoms with van der Waals surface area (Å²) in [6, 6.07) is 0. The second kappa shape index (κ2) is 7.64. The molecule has 0 N–H and O–H groups in total. The molecule has 0 aromatic rings. The SMILES string of the molecule is CCCCCCN1CCC(C)C1.Cl. The van der Waals surface area contributed by atoms with E-state index in [2.05, 4.69) is 18.7 Å². The summed E-state index contributed by atoms with van der Waals surface area (Å²) in [6.45, 7) is 8.70. The molecule has 80 valence electrons. The van der Waals surface area contributed by atoms with Gasteiger partial charge in [0.2, 0.25) is 0 Å². The first-order chi connectivity index (χ1) is 5.83. The summed E-state index contributed by atoms with van der Waals surface area (Å²) < 4.78 is 0. The first kappa shape index (κ1) is 13.2. The van der Waals surface area contributed by atoms with Crippen LogP contribution in [0.5, 0.6) is 0 Å². The molecular weight excluding hydrogens is 182 g/mol. The largest absolute Gasteiger partial charge is 0.303 e. The Balaban J connectivity index is 0.00000144. The average Bonchev–Trinajstić information content (AvgIpc) is 2.45. The van der Waals surface area contributed by atoms with Gasteiger partial charge >= 0.3 is 0 Å². The molecular formula is C11H24ClN. The predicted octanol–water partition coefficient (Wildman–Crippen LogP) is 3.33. The van der Waals surface area contributed by atoms with Crippen LogP contribution in [0.25, 0.3) is 0 Å². The average molecular weight is 206 g/mol. The van der Waals surface area contributed by atoms with Crippen molar-refractivity contribution in [2.45, 2.75) is 46.0 Å². The summed E-state index contributed by atoms with van der Waals surface area (Å²) in [5, 5.41) is 0. The van der Waals surface area contributed by atoms with Gasteiger partial charge in [0.15, 0.2) is 0 Å². The number of hydrogen-bond donors (Lipinski definition) is 0. The van der Waals surface area contributed by atoms with Gasteiger partial charge in [0.05, 0.1) is 0 Å². The van der Waals surface area contributed by atoms with Gasteiger partial charge in [0.25, 0.3) is 0 Å². The van der Waals surface area contributed by atoms with E-state index in [4.69, 9.17) is 0 Å². The minimum atomic E-state index is 0. The minimum absolute atomic E-state index is 0. The summed E-state index contributed by atoms with van der Waals surface area (Å²) >= 11 is 0. The van der Waals surface area contributed by atoms with Crippen LogP contribution in [0.15, 0.2) is 0 Å². The smallest absolute Gasteiger partial charge is 0.000750 e. The lowest BCUT2D eigenvalue weighted by Gasteiger charge is -2.14. The first-order valence-corrected chi connectivity index (χ1v) is 5.55. The fraction of sp³-hybridized carbons (Fsp3) is 1.00. The summed E-state index contributed by atoms with van der Waals surface area (Å²) in [5.74, 6) is 0.955. The predicted molar refractivity (Wildman–Crippen MR) is 61.6 cm³/mol. The Labute approximate surface area is 89.3 Å². The highest BCUT2D eigenvalue weighted by atomic mass is 35.5. The van der Waals surface area contributed by atoms with Gasteiger partial charge in [-0.1, -0.05) is 33.1 Å². The molecule has 0 aromatic carbocycles. The van der Waals surface area contributed by atoms with Gasteiger partial charge in [-0.3, -0.25) is 0 Å². The van der Waals surface area contributed by atoms with Crippen LogP contribution < -0.4 is 0 Å². The Morgan fingerprint density at radius 2 is 2.00 bits per heavy atom. The normalized spacial score (nSPS) is 23.1. The van der Waals surface area contributed by atoms with Crippen molar-refractivity contribution in [3.05, 3.63) is 0 Å². The molecule has 1 fully saturated rings. The fourth-order valence-corrected chi connectivity index (χ4v) is 1.99. The number of likely N-dealkylation sites (tertiary alicyclic amines) is 1. The van der Waals surface area contributed by atoms with E-state index >= 15 is 0 Å². The third kappa shape index (κ3) is 5.53. The number of nitrogens with zero attached hydrogens (tertiary/aromatic N) is 1. The summed E-state index contributed by atoms with van der Waals surface area (Å²) in [4.78, 5) is 2.63. The van der Waals surface area contributed by atoms with Gasteiger partial charge in [-0.25, -0.2) is 0 Å². The number of unbranched alkanes of at least 4 members (excludes halogenated alkanes) is 3. The molecule has 0 aromatic heterocycles. The van der Waals surface area contributed by atoms with Crippen molar-refractivity contribution >= 4 is 12.4 Å². The Morgan fingerprint density at radius 1 is 1.23 bits per heavy atom. The number of rotatable bonds is 5. The third-order valence-electron chi connectivity index (χ3n) is 2.84. The zero-order chi connectivity index (χ0) is 8.81. The Hall–Kier alpha value is 0.250. The van der Waals surface area contributed by atoms with Crippen molar-refractivity contribution in [1.82, 2.24) is 4.90 Å². The Kier molecular flexibility index (Phi) is 7.78. The zero-order valence-corrected chi connectivity index (χ0v) is 9.91. The van der Waals surface area contributed by atoms with Gasteiger partial charge in [-0.15, -0.1) is 12.4 Å². The van der Waals surface area contributed by atoms with Crippen molar-refractivity contribution in [3.63, 3.8) is 0 Å². The van der Waals surface area contributed by atoms with Crippen LogP contribution in [0, 0.1) is 5.92 Å². The molecule has 1 rings (SSSR count). The number of halogens is 1. The molecule has 0 spiro atoms. The van der Waals surface area contributed by atoms with Crippen LogP contribution in [0.2, 0.25) is 0 Å². The van der Waals surface area contributed by atoms with Crippen LogP contribution in [0.4, 0.5) is 0 Å². The molecule has 1 heterocycles. The van der Waals surface area contributed by atoms with Crippen molar-refractivity contribution in [2.24, 2.45) is 5.92 Å². The van der Waals surface area contributed by atoms with Gasteiger partial charge in [0.1, 0.15) is 0 Å². The lowest BCUT2D eigenvalue weighted by Crippen LogP contribution is -2.21. The molecule has 2 heteroatoms. The molecule has 1 unspecified atom stereocenters. The summed E-state index contributed by atoms with van der Waals surface area (Å²) in [5.41, 5.74) is 0. The van der Waals surface area contributed by atoms with Gasteiger partial charge in [-0.05, 0) is 31.8 Å². The second-order valence-electron chi connectivity index (χ2n) is 4.26. The lowest BCUT2D eigenvalue weighted by molar-refractivity contribution is 0.318. The van der Waals surface area contributed by atoms with Crippen molar-refractivity contribution in [3.8, 4) is 0 Å². The maximum absolute atomic E-state index is 2.63. The molecule has 0 radical (unpaired) electrons. The molecule has 1 aliphatic rings. The van der Waals surface area contributed by atoms with Crippen LogP contribution in [0.1, 0.15) is 46.0 Å². The topological polar surface area (TPSA) is 3.24 Å². The molecule has 0 bridgehead atoms. The molecule has 1 aliphatic heterocycles. The van der Waals surface area contributed by atoms with Crippen molar-refractivity contribution in [1.29, 1.82) is 0 Å². The molecule has 1 atom stereocenters.